The summed E-state index contributed by atoms with van der Waals surface area (Å²) in [6.45, 7) is 7.63. The van der Waals surface area contributed by atoms with Crippen molar-refractivity contribution in [3.05, 3.63) is 35.7 Å². The first-order valence-corrected chi connectivity index (χ1v) is 8.11. The molecule has 0 saturated heterocycles. The lowest BCUT2D eigenvalue weighted by Crippen LogP contribution is -2.40. The van der Waals surface area contributed by atoms with Crippen molar-refractivity contribution in [2.75, 3.05) is 0 Å². The van der Waals surface area contributed by atoms with Gasteiger partial charge in [0.1, 0.15) is 0 Å². The van der Waals surface area contributed by atoms with Crippen LogP contribution in [0.4, 0.5) is 0 Å². The van der Waals surface area contributed by atoms with Gasteiger partial charge in [0.05, 0.1) is 22.4 Å². The third-order valence-electron chi connectivity index (χ3n) is 5.08. The Morgan fingerprint density at radius 2 is 1.81 bits per heavy atom. The Bertz CT molecular complexity index is 623. The maximum Gasteiger partial charge on any atom is 0.0890 e. The van der Waals surface area contributed by atoms with Crippen LogP contribution in [0.3, 0.4) is 0 Å². The first-order chi connectivity index (χ1) is 10.1. The SMILES string of the molecule is Cc1nc2ccccc2nc1CNC1CCCC(C)C1C. The molecule has 1 aliphatic carbocycles. The molecule has 1 aliphatic rings. The summed E-state index contributed by atoms with van der Waals surface area (Å²) in [4.78, 5) is 9.45. The molecular formula is C18H25N3. The van der Waals surface area contributed by atoms with Crippen LogP contribution in [0.5, 0.6) is 0 Å². The molecule has 2 aromatic rings. The predicted molar refractivity (Wildman–Crippen MR) is 87.1 cm³/mol. The Balaban J connectivity index is 1.74. The van der Waals surface area contributed by atoms with Crippen molar-refractivity contribution in [1.82, 2.24) is 15.3 Å². The second kappa shape index (κ2) is 6.10. The lowest BCUT2D eigenvalue weighted by Gasteiger charge is -2.34. The molecule has 1 aromatic carbocycles. The normalized spacial score (nSPS) is 26.1. The average molecular weight is 283 g/mol. The molecule has 3 atom stereocenters. The van der Waals surface area contributed by atoms with E-state index >= 15 is 0 Å². The summed E-state index contributed by atoms with van der Waals surface area (Å²) in [5, 5.41) is 3.72. The third-order valence-corrected chi connectivity index (χ3v) is 5.08. The molecule has 3 heteroatoms. The number of para-hydroxylation sites is 2. The van der Waals surface area contributed by atoms with Crippen LogP contribution < -0.4 is 5.32 Å². The number of fused-ring (bicyclic) bond motifs is 1. The van der Waals surface area contributed by atoms with E-state index in [1.165, 1.54) is 19.3 Å². The highest BCUT2D eigenvalue weighted by atomic mass is 15.0. The fourth-order valence-corrected chi connectivity index (χ4v) is 3.39. The first kappa shape index (κ1) is 14.5. The molecule has 1 heterocycles. The number of benzene rings is 1. The van der Waals surface area contributed by atoms with Crippen molar-refractivity contribution < 1.29 is 0 Å². The molecule has 1 N–H and O–H groups in total. The van der Waals surface area contributed by atoms with Crippen LogP contribution in [0.15, 0.2) is 24.3 Å². The number of hydrogen-bond acceptors (Lipinski definition) is 3. The molecule has 112 valence electrons. The number of aromatic nitrogens is 2. The number of aryl methyl sites for hydroxylation is 1. The highest BCUT2D eigenvalue weighted by Gasteiger charge is 2.26. The molecule has 0 amide bonds. The van der Waals surface area contributed by atoms with E-state index in [1.54, 1.807) is 0 Å². The van der Waals surface area contributed by atoms with Gasteiger partial charge >= 0.3 is 0 Å². The molecule has 0 spiro atoms. The monoisotopic (exact) mass is 283 g/mol. The van der Waals surface area contributed by atoms with Crippen LogP contribution in [-0.2, 0) is 6.54 Å². The zero-order valence-electron chi connectivity index (χ0n) is 13.3. The van der Waals surface area contributed by atoms with Gasteiger partial charge in [-0.1, -0.05) is 38.8 Å². The molecule has 3 rings (SSSR count). The average Bonchev–Trinajstić information content (AvgIpc) is 2.49. The highest BCUT2D eigenvalue weighted by molar-refractivity contribution is 5.74. The van der Waals surface area contributed by atoms with E-state index in [1.807, 2.05) is 24.3 Å². The minimum absolute atomic E-state index is 0.612. The summed E-state index contributed by atoms with van der Waals surface area (Å²) >= 11 is 0. The lowest BCUT2D eigenvalue weighted by atomic mass is 9.78. The fraction of sp³-hybridized carbons (Fsp3) is 0.556. The second-order valence-corrected chi connectivity index (χ2v) is 6.50. The van der Waals surface area contributed by atoms with Crippen molar-refractivity contribution in [3.8, 4) is 0 Å². The van der Waals surface area contributed by atoms with Crippen LogP contribution in [0, 0.1) is 18.8 Å². The van der Waals surface area contributed by atoms with Crippen LogP contribution in [-0.4, -0.2) is 16.0 Å². The summed E-state index contributed by atoms with van der Waals surface area (Å²) in [6.07, 6.45) is 3.99. The van der Waals surface area contributed by atoms with Crippen LogP contribution in [0.25, 0.3) is 11.0 Å². The molecule has 3 unspecified atom stereocenters. The summed E-state index contributed by atoms with van der Waals surface area (Å²) in [5.74, 6) is 1.56. The Morgan fingerprint density at radius 1 is 1.10 bits per heavy atom. The van der Waals surface area contributed by atoms with Crippen LogP contribution >= 0.6 is 0 Å². The van der Waals surface area contributed by atoms with Gasteiger partial charge in [-0.15, -0.1) is 0 Å². The minimum Gasteiger partial charge on any atom is -0.308 e. The van der Waals surface area contributed by atoms with E-state index in [2.05, 4.69) is 31.1 Å². The van der Waals surface area contributed by atoms with Crippen molar-refractivity contribution in [3.63, 3.8) is 0 Å². The molecule has 3 nitrogen and oxygen atoms in total. The van der Waals surface area contributed by atoms with Gasteiger partial charge in [0.15, 0.2) is 0 Å². The molecular weight excluding hydrogens is 258 g/mol. The topological polar surface area (TPSA) is 37.8 Å². The van der Waals surface area contributed by atoms with Gasteiger partial charge < -0.3 is 5.32 Å². The number of nitrogens with one attached hydrogen (secondary N) is 1. The lowest BCUT2D eigenvalue weighted by molar-refractivity contribution is 0.205. The van der Waals surface area contributed by atoms with E-state index in [9.17, 15) is 0 Å². The maximum atomic E-state index is 4.78. The standard InChI is InChI=1S/C18H25N3/c1-12-7-6-10-15(13(12)2)19-11-18-14(3)20-16-8-4-5-9-17(16)21-18/h4-5,8-9,12-13,15,19H,6-7,10-11H2,1-3H3. The maximum absolute atomic E-state index is 4.78. The molecule has 0 radical (unpaired) electrons. The highest BCUT2D eigenvalue weighted by Crippen LogP contribution is 2.29. The van der Waals surface area contributed by atoms with Crippen molar-refractivity contribution in [2.24, 2.45) is 11.8 Å². The Hall–Kier alpha value is -1.48. The van der Waals surface area contributed by atoms with E-state index < -0.39 is 0 Å². The number of nitrogens with zero attached hydrogens (tertiary/aromatic N) is 2. The summed E-state index contributed by atoms with van der Waals surface area (Å²) in [6, 6.07) is 8.71. The fourth-order valence-electron chi connectivity index (χ4n) is 3.39. The van der Waals surface area contributed by atoms with E-state index in [-0.39, 0.29) is 0 Å². The third kappa shape index (κ3) is 3.08. The summed E-state index contributed by atoms with van der Waals surface area (Å²) in [5.41, 5.74) is 4.10. The van der Waals surface area contributed by atoms with Gasteiger partial charge in [-0.3, -0.25) is 0 Å². The van der Waals surface area contributed by atoms with Gasteiger partial charge in [-0.25, -0.2) is 9.97 Å². The van der Waals surface area contributed by atoms with Crippen LogP contribution in [0.2, 0.25) is 0 Å². The smallest absolute Gasteiger partial charge is 0.0890 e. The van der Waals surface area contributed by atoms with Crippen molar-refractivity contribution in [1.29, 1.82) is 0 Å². The van der Waals surface area contributed by atoms with Gasteiger partial charge in [0, 0.05) is 12.6 Å². The van der Waals surface area contributed by atoms with E-state index in [0.717, 1.165) is 40.8 Å². The van der Waals surface area contributed by atoms with Gasteiger partial charge in [0.25, 0.3) is 0 Å². The second-order valence-electron chi connectivity index (χ2n) is 6.50. The van der Waals surface area contributed by atoms with Crippen molar-refractivity contribution in [2.45, 2.75) is 52.6 Å². The quantitative estimate of drug-likeness (QED) is 0.929. The summed E-state index contributed by atoms with van der Waals surface area (Å²) < 4.78 is 0. The Kier molecular flexibility index (Phi) is 4.20. The Morgan fingerprint density at radius 3 is 2.57 bits per heavy atom. The van der Waals surface area contributed by atoms with E-state index in [4.69, 9.17) is 4.98 Å². The minimum atomic E-state index is 0.612. The number of rotatable bonds is 3. The summed E-state index contributed by atoms with van der Waals surface area (Å²) in [7, 11) is 0. The molecule has 0 aliphatic heterocycles. The van der Waals surface area contributed by atoms with Gasteiger partial charge in [-0.05, 0) is 37.3 Å². The predicted octanol–water partition coefficient (Wildman–Crippen LogP) is 3.85. The Labute approximate surface area is 127 Å². The molecule has 1 saturated carbocycles. The van der Waals surface area contributed by atoms with Gasteiger partial charge in [0.2, 0.25) is 0 Å². The van der Waals surface area contributed by atoms with E-state index in [0.29, 0.717) is 6.04 Å². The number of hydrogen-bond donors (Lipinski definition) is 1. The molecule has 21 heavy (non-hydrogen) atoms. The van der Waals surface area contributed by atoms with Crippen molar-refractivity contribution >= 4 is 11.0 Å². The zero-order valence-corrected chi connectivity index (χ0v) is 13.3. The molecule has 1 fully saturated rings. The van der Waals surface area contributed by atoms with Gasteiger partial charge in [-0.2, -0.15) is 0 Å². The first-order valence-electron chi connectivity index (χ1n) is 8.11. The zero-order chi connectivity index (χ0) is 14.8. The largest absolute Gasteiger partial charge is 0.308 e. The molecule has 0 bridgehead atoms. The van der Waals surface area contributed by atoms with Crippen LogP contribution in [0.1, 0.15) is 44.5 Å². The molecule has 1 aromatic heterocycles.